The molecule has 0 spiro atoms. The molecule has 0 unspecified atom stereocenters. The van der Waals surface area contributed by atoms with Gasteiger partial charge in [-0.15, -0.1) is 0 Å². The van der Waals surface area contributed by atoms with Crippen molar-refractivity contribution in [2.75, 3.05) is 18.8 Å². The van der Waals surface area contributed by atoms with Gasteiger partial charge in [-0.2, -0.15) is 0 Å². The monoisotopic (exact) mass is 366 g/mol. The first-order chi connectivity index (χ1) is 11.8. The van der Waals surface area contributed by atoms with Crippen LogP contribution in [0.15, 0.2) is 30.3 Å². The van der Waals surface area contributed by atoms with Crippen LogP contribution in [-0.2, 0) is 14.8 Å². The fourth-order valence-corrected chi connectivity index (χ4v) is 4.44. The van der Waals surface area contributed by atoms with E-state index in [2.05, 4.69) is 19.2 Å². The minimum absolute atomic E-state index is 0.00565. The summed E-state index contributed by atoms with van der Waals surface area (Å²) in [4.78, 5) is 12.7. The Hall–Kier alpha value is -1.40. The average molecular weight is 367 g/mol. The highest BCUT2D eigenvalue weighted by molar-refractivity contribution is 7.89. The molecule has 0 radical (unpaired) electrons. The van der Waals surface area contributed by atoms with Crippen molar-refractivity contribution < 1.29 is 13.2 Å². The molecule has 1 N–H and O–H groups in total. The van der Waals surface area contributed by atoms with Gasteiger partial charge in [0, 0.05) is 19.0 Å². The quantitative estimate of drug-likeness (QED) is 0.807. The van der Waals surface area contributed by atoms with Crippen molar-refractivity contribution >= 4 is 15.9 Å². The van der Waals surface area contributed by atoms with E-state index >= 15 is 0 Å². The van der Waals surface area contributed by atoms with Gasteiger partial charge in [-0.1, -0.05) is 44.2 Å². The van der Waals surface area contributed by atoms with E-state index in [9.17, 15) is 13.2 Å². The first-order valence-corrected chi connectivity index (χ1v) is 10.8. The molecule has 1 heterocycles. The molecule has 1 fully saturated rings. The maximum atomic E-state index is 12.7. The van der Waals surface area contributed by atoms with Gasteiger partial charge in [-0.3, -0.25) is 4.79 Å². The molecule has 1 aromatic rings. The minimum atomic E-state index is -3.15. The van der Waals surface area contributed by atoms with Crippen molar-refractivity contribution in [2.45, 2.75) is 46.1 Å². The topological polar surface area (TPSA) is 66.5 Å². The molecule has 1 aliphatic heterocycles. The first-order valence-electron chi connectivity index (χ1n) is 9.16. The summed E-state index contributed by atoms with van der Waals surface area (Å²) in [6.07, 6.45) is 2.07. The van der Waals surface area contributed by atoms with Crippen LogP contribution >= 0.6 is 0 Å². The van der Waals surface area contributed by atoms with Crippen LogP contribution in [0.5, 0.6) is 0 Å². The highest BCUT2D eigenvalue weighted by atomic mass is 32.2. The van der Waals surface area contributed by atoms with Gasteiger partial charge in [-0.05, 0) is 37.7 Å². The zero-order valence-corrected chi connectivity index (χ0v) is 16.3. The van der Waals surface area contributed by atoms with Crippen molar-refractivity contribution in [3.05, 3.63) is 35.9 Å². The Bertz CT molecular complexity index is 651. The van der Waals surface area contributed by atoms with Gasteiger partial charge in [0.15, 0.2) is 0 Å². The number of amides is 1. The van der Waals surface area contributed by atoms with Crippen molar-refractivity contribution in [1.29, 1.82) is 0 Å². The Morgan fingerprint density at radius 2 is 1.80 bits per heavy atom. The predicted octanol–water partition coefficient (Wildman–Crippen LogP) is 2.95. The van der Waals surface area contributed by atoms with E-state index in [-0.39, 0.29) is 23.6 Å². The number of piperidine rings is 1. The van der Waals surface area contributed by atoms with Crippen molar-refractivity contribution in [3.8, 4) is 0 Å². The molecule has 25 heavy (non-hydrogen) atoms. The molecule has 0 bridgehead atoms. The standard InChI is InChI=1S/C19H30N2O3S/c1-4-25(23,24)21-12-10-17(11-13-21)19(22)20-18(14-15(2)3)16-8-6-5-7-9-16/h5-9,15,17-18H,4,10-14H2,1-3H3,(H,20,22)/t18-/m1/s1. The third-order valence-electron chi connectivity index (χ3n) is 4.81. The summed E-state index contributed by atoms with van der Waals surface area (Å²) < 4.78 is 25.4. The first kappa shape index (κ1) is 19.9. The number of sulfonamides is 1. The number of nitrogens with one attached hydrogen (secondary N) is 1. The van der Waals surface area contributed by atoms with E-state index < -0.39 is 10.0 Å². The molecule has 5 nitrogen and oxygen atoms in total. The fraction of sp³-hybridized carbons (Fsp3) is 0.632. The molecule has 1 saturated heterocycles. The van der Waals surface area contributed by atoms with Crippen molar-refractivity contribution in [1.82, 2.24) is 9.62 Å². The Labute approximate surface area is 151 Å². The molecule has 0 aliphatic carbocycles. The zero-order chi connectivity index (χ0) is 18.4. The smallest absolute Gasteiger partial charge is 0.223 e. The molecule has 0 aromatic heterocycles. The second-order valence-electron chi connectivity index (χ2n) is 7.18. The van der Waals surface area contributed by atoms with Crippen LogP contribution in [0.4, 0.5) is 0 Å². The molecule has 1 aliphatic rings. The lowest BCUT2D eigenvalue weighted by Gasteiger charge is -2.31. The van der Waals surface area contributed by atoms with Gasteiger partial charge >= 0.3 is 0 Å². The second kappa shape index (κ2) is 8.81. The molecule has 140 valence electrons. The van der Waals surface area contributed by atoms with Crippen LogP contribution in [0.2, 0.25) is 0 Å². The third-order valence-corrected chi connectivity index (χ3v) is 6.69. The number of hydrogen-bond donors (Lipinski definition) is 1. The van der Waals surface area contributed by atoms with E-state index in [1.807, 2.05) is 30.3 Å². The summed E-state index contributed by atoms with van der Waals surface area (Å²) in [5.74, 6) is 0.528. The Morgan fingerprint density at radius 1 is 1.20 bits per heavy atom. The van der Waals surface area contributed by atoms with Crippen molar-refractivity contribution in [2.24, 2.45) is 11.8 Å². The van der Waals surface area contributed by atoms with Gasteiger partial charge in [-0.25, -0.2) is 12.7 Å². The minimum Gasteiger partial charge on any atom is -0.349 e. The number of rotatable bonds is 7. The van der Waals surface area contributed by atoms with E-state index in [0.717, 1.165) is 12.0 Å². The van der Waals surface area contributed by atoms with Crippen LogP contribution in [0.1, 0.15) is 51.6 Å². The fourth-order valence-electron chi connectivity index (χ4n) is 3.30. The van der Waals surface area contributed by atoms with E-state index in [0.29, 0.717) is 31.8 Å². The predicted molar refractivity (Wildman–Crippen MR) is 101 cm³/mol. The van der Waals surface area contributed by atoms with Gasteiger partial charge in [0.25, 0.3) is 0 Å². The Morgan fingerprint density at radius 3 is 2.32 bits per heavy atom. The summed E-state index contributed by atoms with van der Waals surface area (Å²) in [6.45, 7) is 6.83. The van der Waals surface area contributed by atoms with Gasteiger partial charge in [0.05, 0.1) is 11.8 Å². The second-order valence-corrected chi connectivity index (χ2v) is 9.43. The van der Waals surface area contributed by atoms with E-state index in [4.69, 9.17) is 0 Å². The summed E-state index contributed by atoms with van der Waals surface area (Å²) in [5, 5.41) is 3.20. The van der Waals surface area contributed by atoms with Gasteiger partial charge < -0.3 is 5.32 Å². The summed E-state index contributed by atoms with van der Waals surface area (Å²) >= 11 is 0. The largest absolute Gasteiger partial charge is 0.349 e. The average Bonchev–Trinajstić information content (AvgIpc) is 2.61. The van der Waals surface area contributed by atoms with Crippen LogP contribution in [0, 0.1) is 11.8 Å². The lowest BCUT2D eigenvalue weighted by molar-refractivity contribution is -0.127. The SMILES string of the molecule is CCS(=O)(=O)N1CCC(C(=O)N[C@H](CC(C)C)c2ccccc2)CC1. The third kappa shape index (κ3) is 5.54. The lowest BCUT2D eigenvalue weighted by atomic mass is 9.93. The lowest BCUT2D eigenvalue weighted by Crippen LogP contribution is -2.44. The molecule has 1 aromatic carbocycles. The Balaban J connectivity index is 1.98. The summed E-state index contributed by atoms with van der Waals surface area (Å²) in [6, 6.07) is 10.0. The van der Waals surface area contributed by atoms with Gasteiger partial charge in [0.1, 0.15) is 0 Å². The van der Waals surface area contributed by atoms with Crippen LogP contribution < -0.4 is 5.32 Å². The van der Waals surface area contributed by atoms with Crippen molar-refractivity contribution in [3.63, 3.8) is 0 Å². The molecule has 1 amide bonds. The van der Waals surface area contributed by atoms with Crippen LogP contribution in [-0.4, -0.2) is 37.5 Å². The number of nitrogens with zero attached hydrogens (tertiary/aromatic N) is 1. The highest BCUT2D eigenvalue weighted by Crippen LogP contribution is 2.24. The maximum absolute atomic E-state index is 12.7. The van der Waals surface area contributed by atoms with E-state index in [1.165, 1.54) is 4.31 Å². The highest BCUT2D eigenvalue weighted by Gasteiger charge is 2.31. The molecule has 6 heteroatoms. The van der Waals surface area contributed by atoms with Crippen LogP contribution in [0.25, 0.3) is 0 Å². The van der Waals surface area contributed by atoms with Crippen LogP contribution in [0.3, 0.4) is 0 Å². The summed E-state index contributed by atoms with van der Waals surface area (Å²) in [7, 11) is -3.15. The zero-order valence-electron chi connectivity index (χ0n) is 15.4. The molecule has 0 saturated carbocycles. The normalized spacial score (nSPS) is 18.2. The number of benzene rings is 1. The molecule has 1 atom stereocenters. The number of carbonyl (C=O) groups excluding carboxylic acids is 1. The van der Waals surface area contributed by atoms with E-state index in [1.54, 1.807) is 6.92 Å². The van der Waals surface area contributed by atoms with Gasteiger partial charge in [0.2, 0.25) is 15.9 Å². The maximum Gasteiger partial charge on any atom is 0.223 e. The molecule has 2 rings (SSSR count). The Kier molecular flexibility index (Phi) is 7.02. The number of hydrogen-bond acceptors (Lipinski definition) is 3. The summed E-state index contributed by atoms with van der Waals surface area (Å²) in [5.41, 5.74) is 1.12. The number of carbonyl (C=O) groups is 1. The molecular weight excluding hydrogens is 336 g/mol. The molecular formula is C19H30N2O3S.